The topological polar surface area (TPSA) is 8.17 Å². The molecule has 10 rings (SSSR count). The van der Waals surface area contributed by atoms with Crippen molar-refractivity contribution in [2.75, 3.05) is 4.90 Å². The molecule has 8 aromatic carbocycles. The Morgan fingerprint density at radius 3 is 2.10 bits per heavy atom. The molecule has 0 saturated heterocycles. The number of benzene rings is 8. The molecule has 0 unspecified atom stereocenters. The molecule has 0 aliphatic rings. The predicted octanol–water partition coefficient (Wildman–Crippen LogP) is 13.8. The molecule has 0 aliphatic carbocycles. The van der Waals surface area contributed by atoms with Crippen LogP contribution in [0.15, 0.2) is 176 Å². The molecular weight excluding hydrogens is 625 g/mol. The van der Waals surface area contributed by atoms with Gasteiger partial charge in [-0.25, -0.2) is 0 Å². The van der Waals surface area contributed by atoms with Gasteiger partial charge in [0.2, 0.25) is 0 Å². The fraction of sp³-hybridized carbons (Fsp3) is 0.0213. The Kier molecular flexibility index (Phi) is 6.61. The third-order valence-electron chi connectivity index (χ3n) is 10.1. The van der Waals surface area contributed by atoms with Crippen LogP contribution < -0.4 is 4.90 Å². The molecule has 0 atom stereocenters. The van der Waals surface area contributed by atoms with Gasteiger partial charge < -0.3 is 9.47 Å². The average molecular weight is 657 g/mol. The maximum atomic E-state index is 2.44. The summed E-state index contributed by atoms with van der Waals surface area (Å²) in [7, 11) is 0. The van der Waals surface area contributed by atoms with Gasteiger partial charge in [-0.3, -0.25) is 0 Å². The van der Waals surface area contributed by atoms with Crippen LogP contribution in [0.25, 0.3) is 69.6 Å². The molecule has 2 nitrogen and oxygen atoms in total. The number of hydrogen-bond donors (Lipinski definition) is 0. The van der Waals surface area contributed by atoms with Crippen LogP contribution in [0, 0.1) is 6.92 Å². The number of rotatable bonds is 5. The van der Waals surface area contributed by atoms with Gasteiger partial charge in [-0.1, -0.05) is 109 Å². The number of thiophene rings is 1. The van der Waals surface area contributed by atoms with Gasteiger partial charge in [0.05, 0.1) is 16.7 Å². The van der Waals surface area contributed by atoms with Crippen molar-refractivity contribution in [3.05, 3.63) is 181 Å². The van der Waals surface area contributed by atoms with Crippen molar-refractivity contribution in [3.8, 4) is 16.8 Å². The van der Waals surface area contributed by atoms with Crippen molar-refractivity contribution in [3.63, 3.8) is 0 Å². The zero-order valence-corrected chi connectivity index (χ0v) is 28.4. The van der Waals surface area contributed by atoms with E-state index in [1.807, 2.05) is 11.3 Å². The van der Waals surface area contributed by atoms with E-state index in [9.17, 15) is 0 Å². The molecule has 0 saturated carbocycles. The highest BCUT2D eigenvalue weighted by molar-refractivity contribution is 7.25. The standard InChI is InChI=1S/C47H32N2S/c1-31-25-26-32-13-5-6-18-37(32)46(31)33-14-11-17-35(29-33)49-41-21-9-7-20-39(41)47-42(22-12-23-43(47)49)48(34-15-3-2-4-16-34)36-27-28-45-40(30-36)38-19-8-10-24-44(38)50-45/h2-30H,1H3. The smallest absolute Gasteiger partial charge is 0.0562 e. The Bertz CT molecular complexity index is 2900. The van der Waals surface area contributed by atoms with Crippen LogP contribution in [0.2, 0.25) is 0 Å². The van der Waals surface area contributed by atoms with Crippen LogP contribution >= 0.6 is 11.3 Å². The Morgan fingerprint density at radius 2 is 1.20 bits per heavy atom. The van der Waals surface area contributed by atoms with Crippen molar-refractivity contribution in [2.24, 2.45) is 0 Å². The third-order valence-corrected chi connectivity index (χ3v) is 11.2. The SMILES string of the molecule is Cc1ccc2ccccc2c1-c1cccc(-n2c3ccccc3c3c(N(c4ccccc4)c4ccc5sc6ccccc6c5c4)cccc32)c1. The van der Waals surface area contributed by atoms with Gasteiger partial charge in [0.25, 0.3) is 0 Å². The first-order valence-corrected chi connectivity index (χ1v) is 17.9. The lowest BCUT2D eigenvalue weighted by Crippen LogP contribution is -2.10. The molecule has 10 aromatic rings. The van der Waals surface area contributed by atoms with Gasteiger partial charge in [-0.2, -0.15) is 0 Å². The maximum Gasteiger partial charge on any atom is 0.0562 e. The molecule has 236 valence electrons. The van der Waals surface area contributed by atoms with Gasteiger partial charge in [0.1, 0.15) is 0 Å². The lowest BCUT2D eigenvalue weighted by atomic mass is 9.94. The first kappa shape index (κ1) is 28.8. The summed E-state index contributed by atoms with van der Waals surface area (Å²) in [5.74, 6) is 0. The van der Waals surface area contributed by atoms with Crippen LogP contribution in [0.3, 0.4) is 0 Å². The van der Waals surface area contributed by atoms with Crippen molar-refractivity contribution >= 4 is 81.1 Å². The summed E-state index contributed by atoms with van der Waals surface area (Å²) >= 11 is 1.86. The van der Waals surface area contributed by atoms with Crippen LogP contribution in [0.4, 0.5) is 17.1 Å². The van der Waals surface area contributed by atoms with Crippen LogP contribution in [-0.2, 0) is 0 Å². The minimum atomic E-state index is 1.13. The van der Waals surface area contributed by atoms with E-state index in [0.717, 1.165) is 22.7 Å². The first-order valence-electron chi connectivity index (χ1n) is 17.1. The second-order valence-electron chi connectivity index (χ2n) is 13.0. The van der Waals surface area contributed by atoms with Crippen LogP contribution in [0.5, 0.6) is 0 Å². The zero-order chi connectivity index (χ0) is 33.2. The van der Waals surface area contributed by atoms with Crippen molar-refractivity contribution < 1.29 is 0 Å². The number of aryl methyl sites for hydroxylation is 1. The van der Waals surface area contributed by atoms with E-state index in [1.165, 1.54) is 69.4 Å². The van der Waals surface area contributed by atoms with E-state index in [4.69, 9.17) is 0 Å². The van der Waals surface area contributed by atoms with E-state index in [0.29, 0.717) is 0 Å². The molecule has 50 heavy (non-hydrogen) atoms. The summed E-state index contributed by atoms with van der Waals surface area (Å²) in [6.07, 6.45) is 0. The molecule has 3 heteroatoms. The van der Waals surface area contributed by atoms with Crippen LogP contribution in [-0.4, -0.2) is 4.57 Å². The summed E-state index contributed by atoms with van der Waals surface area (Å²) in [5.41, 5.74) is 10.7. The van der Waals surface area contributed by atoms with E-state index in [2.05, 4.69) is 192 Å². The average Bonchev–Trinajstić information content (AvgIpc) is 3.71. The lowest BCUT2D eigenvalue weighted by Gasteiger charge is -2.26. The Hall–Kier alpha value is -6.16. The largest absolute Gasteiger partial charge is 0.310 e. The molecule has 0 radical (unpaired) electrons. The molecule has 2 heterocycles. The summed E-state index contributed by atoms with van der Waals surface area (Å²) in [6, 6.07) is 64.3. The first-order chi connectivity index (χ1) is 24.7. The normalized spacial score (nSPS) is 11.7. The number of hydrogen-bond acceptors (Lipinski definition) is 2. The van der Waals surface area contributed by atoms with E-state index in [1.54, 1.807) is 0 Å². The molecule has 2 aromatic heterocycles. The van der Waals surface area contributed by atoms with E-state index < -0.39 is 0 Å². The van der Waals surface area contributed by atoms with Gasteiger partial charge >= 0.3 is 0 Å². The minimum absolute atomic E-state index is 1.13. The molecule has 0 amide bonds. The number of fused-ring (bicyclic) bond motifs is 7. The highest BCUT2D eigenvalue weighted by Crippen LogP contribution is 2.46. The summed E-state index contributed by atoms with van der Waals surface area (Å²) in [4.78, 5) is 2.43. The van der Waals surface area contributed by atoms with Crippen LogP contribution in [0.1, 0.15) is 5.56 Å². The quantitative estimate of drug-likeness (QED) is 0.179. The second-order valence-corrected chi connectivity index (χ2v) is 14.1. The van der Waals surface area contributed by atoms with E-state index >= 15 is 0 Å². The number of para-hydroxylation sites is 2. The predicted molar refractivity (Wildman–Crippen MR) is 216 cm³/mol. The van der Waals surface area contributed by atoms with Gasteiger partial charge in [0.15, 0.2) is 0 Å². The fourth-order valence-electron chi connectivity index (χ4n) is 7.89. The molecule has 0 aliphatic heterocycles. The summed E-state index contributed by atoms with van der Waals surface area (Å²) in [6.45, 7) is 2.22. The Morgan fingerprint density at radius 1 is 0.480 bits per heavy atom. The maximum absolute atomic E-state index is 2.44. The minimum Gasteiger partial charge on any atom is -0.310 e. The number of anilines is 3. The molecule has 0 N–H and O–H groups in total. The third kappa shape index (κ3) is 4.48. The number of aromatic nitrogens is 1. The molecule has 0 bridgehead atoms. The van der Waals surface area contributed by atoms with Gasteiger partial charge in [0, 0.05) is 48.0 Å². The van der Waals surface area contributed by atoms with Crippen molar-refractivity contribution in [1.29, 1.82) is 0 Å². The van der Waals surface area contributed by atoms with Gasteiger partial charge in [-0.15, -0.1) is 11.3 Å². The second kappa shape index (κ2) is 11.5. The molecule has 0 spiro atoms. The van der Waals surface area contributed by atoms with E-state index in [-0.39, 0.29) is 0 Å². The van der Waals surface area contributed by atoms with Crippen molar-refractivity contribution in [1.82, 2.24) is 4.57 Å². The molecule has 0 fully saturated rings. The number of nitrogens with zero attached hydrogens (tertiary/aromatic N) is 2. The Balaban J connectivity index is 1.23. The monoisotopic (exact) mass is 656 g/mol. The summed E-state index contributed by atoms with van der Waals surface area (Å²) in [5, 5.41) is 7.59. The zero-order valence-electron chi connectivity index (χ0n) is 27.5. The summed E-state index contributed by atoms with van der Waals surface area (Å²) < 4.78 is 5.06. The highest BCUT2D eigenvalue weighted by atomic mass is 32.1. The fourth-order valence-corrected chi connectivity index (χ4v) is 8.97. The highest BCUT2D eigenvalue weighted by Gasteiger charge is 2.22. The van der Waals surface area contributed by atoms with Gasteiger partial charge in [-0.05, 0) is 101 Å². The van der Waals surface area contributed by atoms with Crippen molar-refractivity contribution in [2.45, 2.75) is 6.92 Å². The lowest BCUT2D eigenvalue weighted by molar-refractivity contribution is 1.18. The molecular formula is C47H32N2S. The Labute approximate surface area is 294 Å².